The average molecular weight is 255 g/mol. The first kappa shape index (κ1) is 13.8. The van der Waals surface area contributed by atoms with E-state index in [4.69, 9.17) is 0 Å². The molecule has 2 rings (SSSR count). The van der Waals surface area contributed by atoms with Crippen molar-refractivity contribution in [2.24, 2.45) is 0 Å². The minimum absolute atomic E-state index is 0.394. The Balaban J connectivity index is 2.01. The van der Waals surface area contributed by atoms with Crippen molar-refractivity contribution in [3.63, 3.8) is 0 Å². The van der Waals surface area contributed by atoms with Crippen LogP contribution in [0.5, 0.6) is 0 Å². The molecular weight excluding hydrogens is 230 g/mol. The number of aliphatic hydroxyl groups is 1. The Kier molecular flexibility index (Phi) is 4.62. The van der Waals surface area contributed by atoms with Crippen LogP contribution in [0, 0.1) is 0 Å². The number of β-amino-alcohol motifs (C(OH)–C–C–N with tert-alkyl or cyclic N) is 1. The van der Waals surface area contributed by atoms with Crippen molar-refractivity contribution in [1.29, 1.82) is 0 Å². The molecule has 0 aromatic rings. The van der Waals surface area contributed by atoms with Crippen molar-refractivity contribution in [3.05, 3.63) is 0 Å². The highest BCUT2D eigenvalue weighted by molar-refractivity contribution is 5.73. The fourth-order valence-corrected chi connectivity index (χ4v) is 3.38. The first-order valence-electron chi connectivity index (χ1n) is 7.30. The number of rotatable bonds is 3. The number of carboxylic acids is 1. The van der Waals surface area contributed by atoms with E-state index in [1.54, 1.807) is 0 Å². The van der Waals surface area contributed by atoms with Crippen molar-refractivity contribution in [2.45, 2.75) is 69.4 Å². The number of likely N-dealkylation sites (tertiary alicyclic amines) is 1. The van der Waals surface area contributed by atoms with Crippen LogP contribution in [0.2, 0.25) is 0 Å². The molecule has 4 heteroatoms. The summed E-state index contributed by atoms with van der Waals surface area (Å²) in [5.41, 5.74) is -0.632. The summed E-state index contributed by atoms with van der Waals surface area (Å²) in [6, 6.07) is -0.394. The van der Waals surface area contributed by atoms with E-state index in [0.29, 0.717) is 6.54 Å². The molecule has 1 aliphatic carbocycles. The highest BCUT2D eigenvalue weighted by atomic mass is 16.4. The first-order valence-corrected chi connectivity index (χ1v) is 7.30. The molecule has 2 aliphatic rings. The number of hydrogen-bond acceptors (Lipinski definition) is 3. The third kappa shape index (κ3) is 3.45. The molecule has 0 amide bonds. The summed E-state index contributed by atoms with van der Waals surface area (Å²) in [7, 11) is 0. The lowest BCUT2D eigenvalue weighted by Crippen LogP contribution is -2.50. The van der Waals surface area contributed by atoms with Crippen molar-refractivity contribution in [2.75, 3.05) is 13.1 Å². The molecule has 104 valence electrons. The van der Waals surface area contributed by atoms with Gasteiger partial charge in [0, 0.05) is 6.54 Å². The maximum Gasteiger partial charge on any atom is 0.320 e. The van der Waals surface area contributed by atoms with E-state index in [9.17, 15) is 15.0 Å². The molecule has 0 bridgehead atoms. The summed E-state index contributed by atoms with van der Waals surface area (Å²) in [4.78, 5) is 13.4. The van der Waals surface area contributed by atoms with Crippen LogP contribution in [-0.2, 0) is 4.79 Å². The largest absolute Gasteiger partial charge is 0.480 e. The standard InChI is InChI=1S/C14H25NO3/c16-13(17)12-7-3-1-2-6-10-15(12)11-14(18)8-4-5-9-14/h12,18H,1-11H2,(H,16,17). The number of nitrogens with zero attached hydrogens (tertiary/aromatic N) is 1. The van der Waals surface area contributed by atoms with E-state index in [1.165, 1.54) is 6.42 Å². The molecular formula is C14H25NO3. The van der Waals surface area contributed by atoms with Gasteiger partial charge in [-0.2, -0.15) is 0 Å². The summed E-state index contributed by atoms with van der Waals surface area (Å²) >= 11 is 0. The zero-order valence-electron chi connectivity index (χ0n) is 11.1. The van der Waals surface area contributed by atoms with E-state index >= 15 is 0 Å². The molecule has 0 aromatic heterocycles. The normalized spacial score (nSPS) is 29.7. The Bertz CT molecular complexity index is 287. The van der Waals surface area contributed by atoms with Gasteiger partial charge < -0.3 is 10.2 Å². The third-order valence-corrected chi connectivity index (χ3v) is 4.43. The maximum atomic E-state index is 11.4. The molecule has 1 saturated heterocycles. The van der Waals surface area contributed by atoms with Gasteiger partial charge in [0.1, 0.15) is 6.04 Å². The molecule has 0 radical (unpaired) electrons. The van der Waals surface area contributed by atoms with Gasteiger partial charge >= 0.3 is 5.97 Å². The predicted molar refractivity (Wildman–Crippen MR) is 69.5 cm³/mol. The van der Waals surface area contributed by atoms with Gasteiger partial charge in [-0.3, -0.25) is 9.69 Å². The Morgan fingerprint density at radius 2 is 1.78 bits per heavy atom. The summed E-state index contributed by atoms with van der Waals surface area (Å²) in [5, 5.41) is 19.8. The molecule has 2 fully saturated rings. The Morgan fingerprint density at radius 3 is 2.44 bits per heavy atom. The van der Waals surface area contributed by atoms with Crippen LogP contribution >= 0.6 is 0 Å². The van der Waals surface area contributed by atoms with Crippen LogP contribution in [0.25, 0.3) is 0 Å². The zero-order valence-corrected chi connectivity index (χ0v) is 11.1. The van der Waals surface area contributed by atoms with Crippen LogP contribution in [-0.4, -0.2) is 45.8 Å². The van der Waals surface area contributed by atoms with Gasteiger partial charge in [-0.15, -0.1) is 0 Å². The molecule has 1 aliphatic heterocycles. The summed E-state index contributed by atoms with van der Waals surface area (Å²) in [6.07, 6.45) is 8.90. The summed E-state index contributed by atoms with van der Waals surface area (Å²) < 4.78 is 0. The molecule has 0 aromatic carbocycles. The van der Waals surface area contributed by atoms with Gasteiger partial charge in [0.15, 0.2) is 0 Å². The molecule has 0 spiro atoms. The number of aliphatic carboxylic acids is 1. The molecule has 4 nitrogen and oxygen atoms in total. The second-order valence-electron chi connectivity index (χ2n) is 5.96. The Morgan fingerprint density at radius 1 is 1.11 bits per heavy atom. The van der Waals surface area contributed by atoms with Crippen LogP contribution in [0.3, 0.4) is 0 Å². The van der Waals surface area contributed by atoms with Gasteiger partial charge in [0.25, 0.3) is 0 Å². The lowest BCUT2D eigenvalue weighted by atomic mass is 9.97. The number of carboxylic acid groups (broad SMARTS) is 1. The van der Waals surface area contributed by atoms with Gasteiger partial charge in [-0.05, 0) is 32.2 Å². The third-order valence-electron chi connectivity index (χ3n) is 4.43. The zero-order chi connectivity index (χ0) is 13.0. The SMILES string of the molecule is O=C(O)C1CCCCCCN1CC1(O)CCCC1. The molecule has 1 unspecified atom stereocenters. The molecule has 1 saturated carbocycles. The van der Waals surface area contributed by atoms with Crippen molar-refractivity contribution in [3.8, 4) is 0 Å². The minimum Gasteiger partial charge on any atom is -0.480 e. The van der Waals surface area contributed by atoms with Gasteiger partial charge in [-0.1, -0.05) is 32.1 Å². The summed E-state index contributed by atoms with van der Waals surface area (Å²) in [5.74, 6) is -0.724. The highest BCUT2D eigenvalue weighted by Gasteiger charge is 2.36. The van der Waals surface area contributed by atoms with Crippen LogP contribution in [0.1, 0.15) is 57.8 Å². The maximum absolute atomic E-state index is 11.4. The van der Waals surface area contributed by atoms with Crippen LogP contribution in [0.4, 0.5) is 0 Å². The van der Waals surface area contributed by atoms with E-state index in [-0.39, 0.29) is 0 Å². The van der Waals surface area contributed by atoms with E-state index in [0.717, 1.165) is 57.9 Å². The Hall–Kier alpha value is -0.610. The molecule has 18 heavy (non-hydrogen) atoms. The van der Waals surface area contributed by atoms with E-state index in [2.05, 4.69) is 0 Å². The van der Waals surface area contributed by atoms with Gasteiger partial charge in [0.2, 0.25) is 0 Å². The summed E-state index contributed by atoms with van der Waals surface area (Å²) in [6.45, 7) is 1.36. The molecule has 2 N–H and O–H groups in total. The van der Waals surface area contributed by atoms with Crippen molar-refractivity contribution in [1.82, 2.24) is 4.90 Å². The quantitative estimate of drug-likeness (QED) is 0.810. The van der Waals surface area contributed by atoms with E-state index < -0.39 is 17.6 Å². The monoisotopic (exact) mass is 255 g/mol. The molecule has 1 heterocycles. The first-order chi connectivity index (χ1) is 8.61. The number of hydrogen-bond donors (Lipinski definition) is 2. The highest BCUT2D eigenvalue weighted by Crippen LogP contribution is 2.31. The fourth-order valence-electron chi connectivity index (χ4n) is 3.38. The van der Waals surface area contributed by atoms with Gasteiger partial charge in [-0.25, -0.2) is 0 Å². The number of carbonyl (C=O) groups is 1. The van der Waals surface area contributed by atoms with Crippen LogP contribution < -0.4 is 0 Å². The van der Waals surface area contributed by atoms with Crippen LogP contribution in [0.15, 0.2) is 0 Å². The second-order valence-corrected chi connectivity index (χ2v) is 5.96. The second kappa shape index (κ2) is 6.02. The van der Waals surface area contributed by atoms with Crippen molar-refractivity contribution < 1.29 is 15.0 Å². The topological polar surface area (TPSA) is 60.8 Å². The lowest BCUT2D eigenvalue weighted by Gasteiger charge is -2.36. The fraction of sp³-hybridized carbons (Fsp3) is 0.929. The van der Waals surface area contributed by atoms with E-state index in [1.807, 2.05) is 4.90 Å². The smallest absolute Gasteiger partial charge is 0.320 e. The predicted octanol–water partition coefficient (Wildman–Crippen LogP) is 2.01. The minimum atomic E-state index is -0.724. The molecule has 1 atom stereocenters. The average Bonchev–Trinajstić information content (AvgIpc) is 2.69. The Labute approximate surface area is 109 Å². The lowest BCUT2D eigenvalue weighted by molar-refractivity contribution is -0.145. The van der Waals surface area contributed by atoms with Crippen molar-refractivity contribution >= 4 is 5.97 Å². The van der Waals surface area contributed by atoms with Gasteiger partial charge in [0.05, 0.1) is 5.60 Å².